The van der Waals surface area contributed by atoms with E-state index in [-0.39, 0.29) is 0 Å². The summed E-state index contributed by atoms with van der Waals surface area (Å²) in [6, 6.07) is 4.43. The Hall–Kier alpha value is -2.02. The van der Waals surface area contributed by atoms with E-state index in [1.54, 1.807) is 4.68 Å². The van der Waals surface area contributed by atoms with E-state index in [9.17, 15) is 0 Å². The summed E-state index contributed by atoms with van der Waals surface area (Å²) in [5.74, 6) is 1.70. The van der Waals surface area contributed by atoms with Crippen LogP contribution in [0.15, 0.2) is 18.3 Å². The molecular formula is C11H13N7. The predicted molar refractivity (Wildman–Crippen MR) is 65.0 cm³/mol. The van der Waals surface area contributed by atoms with Gasteiger partial charge in [0.2, 0.25) is 0 Å². The molecule has 1 fully saturated rings. The Morgan fingerprint density at radius 3 is 2.89 bits per heavy atom. The maximum absolute atomic E-state index is 4.48. The fourth-order valence-corrected chi connectivity index (χ4v) is 2.66. The Morgan fingerprint density at radius 1 is 1.22 bits per heavy atom. The van der Waals surface area contributed by atoms with Crippen molar-refractivity contribution in [1.29, 1.82) is 0 Å². The van der Waals surface area contributed by atoms with Gasteiger partial charge in [0.05, 0.1) is 11.9 Å². The van der Waals surface area contributed by atoms with Gasteiger partial charge in [0.15, 0.2) is 0 Å². The molecule has 3 aliphatic heterocycles. The summed E-state index contributed by atoms with van der Waals surface area (Å²) in [7, 11) is 0. The second-order valence-electron chi connectivity index (χ2n) is 4.62. The fraction of sp³-hybridized carbons (Fsp3) is 0.455. The van der Waals surface area contributed by atoms with Crippen molar-refractivity contribution in [2.24, 2.45) is 0 Å². The summed E-state index contributed by atoms with van der Waals surface area (Å²) in [5, 5.41) is 15.4. The molecule has 2 aromatic heterocycles. The van der Waals surface area contributed by atoms with Crippen LogP contribution in [0.1, 0.15) is 12.8 Å². The van der Waals surface area contributed by atoms with Gasteiger partial charge >= 0.3 is 0 Å². The molecule has 18 heavy (non-hydrogen) atoms. The van der Waals surface area contributed by atoms with Crippen LogP contribution in [0.2, 0.25) is 0 Å². The van der Waals surface area contributed by atoms with Crippen LogP contribution >= 0.6 is 0 Å². The Morgan fingerprint density at radius 2 is 2.11 bits per heavy atom. The quantitative estimate of drug-likeness (QED) is 0.774. The highest BCUT2D eigenvalue weighted by Crippen LogP contribution is 2.32. The maximum atomic E-state index is 4.48. The van der Waals surface area contributed by atoms with Crippen LogP contribution in [0.5, 0.6) is 0 Å². The van der Waals surface area contributed by atoms with Gasteiger partial charge in [-0.1, -0.05) is 5.10 Å². The van der Waals surface area contributed by atoms with Gasteiger partial charge in [-0.3, -0.25) is 4.90 Å². The summed E-state index contributed by atoms with van der Waals surface area (Å²) in [6.07, 6.45) is 3.97. The molecule has 92 valence electrons. The topological polar surface area (TPSA) is 71.8 Å². The van der Waals surface area contributed by atoms with Crippen LogP contribution in [-0.2, 0) is 0 Å². The minimum atomic E-state index is 0.408. The van der Waals surface area contributed by atoms with Crippen LogP contribution < -0.4 is 10.2 Å². The first-order valence-electron chi connectivity index (χ1n) is 6.18. The molecule has 0 aliphatic carbocycles. The molecule has 5 heterocycles. The first-order valence-corrected chi connectivity index (χ1v) is 6.18. The van der Waals surface area contributed by atoms with E-state index in [1.165, 1.54) is 0 Å². The second kappa shape index (κ2) is 3.74. The van der Waals surface area contributed by atoms with Crippen molar-refractivity contribution in [1.82, 2.24) is 30.5 Å². The molecule has 0 unspecified atom stereocenters. The van der Waals surface area contributed by atoms with Crippen molar-refractivity contribution < 1.29 is 0 Å². The molecule has 3 aliphatic rings. The fourth-order valence-electron chi connectivity index (χ4n) is 2.66. The Labute approximate surface area is 104 Å². The van der Waals surface area contributed by atoms with Crippen LogP contribution in [0.25, 0.3) is 5.69 Å². The average molecular weight is 243 g/mol. The summed E-state index contributed by atoms with van der Waals surface area (Å²) >= 11 is 0. The third kappa shape index (κ3) is 1.34. The zero-order valence-corrected chi connectivity index (χ0v) is 9.82. The van der Waals surface area contributed by atoms with Crippen molar-refractivity contribution in [3.8, 4) is 5.69 Å². The lowest BCUT2D eigenvalue weighted by Gasteiger charge is -2.32. The first-order chi connectivity index (χ1) is 8.93. The summed E-state index contributed by atoms with van der Waals surface area (Å²) < 4.78 is 1.75. The maximum Gasteiger partial charge on any atom is 0.256 e. The van der Waals surface area contributed by atoms with Crippen molar-refractivity contribution in [3.05, 3.63) is 18.3 Å². The van der Waals surface area contributed by atoms with Gasteiger partial charge in [-0.25, -0.2) is 4.98 Å². The molecule has 0 aromatic carbocycles. The minimum absolute atomic E-state index is 0.408. The number of nitrogens with zero attached hydrogens (tertiary/aromatic N) is 6. The van der Waals surface area contributed by atoms with E-state index in [4.69, 9.17) is 0 Å². The summed E-state index contributed by atoms with van der Waals surface area (Å²) in [5.41, 5.74) is 0.912. The second-order valence-corrected chi connectivity index (χ2v) is 4.62. The highest BCUT2D eigenvalue weighted by atomic mass is 15.6. The van der Waals surface area contributed by atoms with Gasteiger partial charge < -0.3 is 5.32 Å². The monoisotopic (exact) mass is 243 g/mol. The first kappa shape index (κ1) is 9.95. The zero-order valence-electron chi connectivity index (χ0n) is 9.82. The molecule has 2 bridgehead atoms. The zero-order chi connectivity index (χ0) is 11.9. The summed E-state index contributed by atoms with van der Waals surface area (Å²) in [4.78, 5) is 6.64. The highest BCUT2D eigenvalue weighted by Gasteiger charge is 2.30. The van der Waals surface area contributed by atoms with E-state index in [0.29, 0.717) is 6.04 Å². The van der Waals surface area contributed by atoms with Crippen molar-refractivity contribution in [2.45, 2.75) is 18.9 Å². The highest BCUT2D eigenvalue weighted by molar-refractivity contribution is 5.60. The number of fused-ring (bicyclic) bond motifs is 2. The lowest BCUT2D eigenvalue weighted by molar-refractivity contribution is 0.446. The molecule has 7 nitrogen and oxygen atoms in total. The van der Waals surface area contributed by atoms with Crippen LogP contribution in [0.4, 0.5) is 11.8 Å². The molecular weight excluding hydrogens is 230 g/mol. The molecule has 0 atom stereocenters. The largest absolute Gasteiger partial charge is 0.317 e. The van der Waals surface area contributed by atoms with Crippen molar-refractivity contribution >= 4 is 11.8 Å². The van der Waals surface area contributed by atoms with Crippen LogP contribution in [0.3, 0.4) is 0 Å². The molecule has 0 saturated carbocycles. The van der Waals surface area contributed by atoms with Gasteiger partial charge in [0.1, 0.15) is 5.82 Å². The molecule has 0 amide bonds. The molecule has 7 heteroatoms. The lowest BCUT2D eigenvalue weighted by Crippen LogP contribution is -2.41. The van der Waals surface area contributed by atoms with Crippen molar-refractivity contribution in [3.63, 3.8) is 0 Å². The molecule has 2 aromatic rings. The number of piperidine rings is 1. The Kier molecular flexibility index (Phi) is 2.07. The van der Waals surface area contributed by atoms with E-state index >= 15 is 0 Å². The predicted octanol–water partition coefficient (Wildman–Crippen LogP) is 0.261. The van der Waals surface area contributed by atoms with E-state index in [0.717, 1.165) is 43.4 Å². The van der Waals surface area contributed by atoms with Gasteiger partial charge in [0, 0.05) is 6.04 Å². The number of rotatable bonds is 1. The molecule has 0 radical (unpaired) electrons. The number of hydrogen-bond acceptors (Lipinski definition) is 6. The van der Waals surface area contributed by atoms with Gasteiger partial charge in [-0.05, 0) is 48.5 Å². The summed E-state index contributed by atoms with van der Waals surface area (Å²) in [6.45, 7) is 2.06. The average Bonchev–Trinajstić information content (AvgIpc) is 2.81. The minimum Gasteiger partial charge on any atom is -0.317 e. The molecule has 1 saturated heterocycles. The van der Waals surface area contributed by atoms with Gasteiger partial charge in [-0.2, -0.15) is 4.68 Å². The number of nitrogens with one attached hydrogen (secondary N) is 1. The van der Waals surface area contributed by atoms with Crippen LogP contribution in [-0.4, -0.2) is 44.3 Å². The number of anilines is 2. The Bertz CT molecular complexity index is 555. The van der Waals surface area contributed by atoms with Gasteiger partial charge in [-0.15, -0.1) is 0 Å². The van der Waals surface area contributed by atoms with Crippen molar-refractivity contribution in [2.75, 3.05) is 18.0 Å². The molecule has 0 spiro atoms. The Balaban J connectivity index is 1.84. The lowest BCUT2D eigenvalue weighted by atomic mass is 10.1. The SMILES string of the molecule is c1cc2ncc1-n1nnnc1N2C1CCNCC1. The number of aromatic nitrogens is 5. The van der Waals surface area contributed by atoms with E-state index in [1.807, 2.05) is 18.3 Å². The molecule has 1 N–H and O–H groups in total. The third-order valence-corrected chi connectivity index (χ3v) is 3.57. The standard InChI is InChI=1S/C11H13N7/c1-2-10-13-7-9(1)18-11(14-15-16-18)17(10)8-3-5-12-6-4-8/h1-2,7-8,12H,3-6H2. The van der Waals surface area contributed by atoms with Gasteiger partial charge in [0.25, 0.3) is 5.95 Å². The smallest absolute Gasteiger partial charge is 0.256 e. The van der Waals surface area contributed by atoms with E-state index in [2.05, 4.69) is 30.7 Å². The normalized spacial score (nSPS) is 18.8. The number of pyridine rings is 1. The van der Waals surface area contributed by atoms with Crippen LogP contribution in [0, 0.1) is 0 Å². The van der Waals surface area contributed by atoms with E-state index < -0.39 is 0 Å². The molecule has 5 rings (SSSR count). The number of hydrogen-bond donors (Lipinski definition) is 1. The number of tetrazole rings is 1. The third-order valence-electron chi connectivity index (χ3n) is 3.57.